The largest absolute Gasteiger partial charge is 0.422 e. The molecule has 11 heteroatoms. The number of rotatable bonds is 3. The Labute approximate surface area is 193 Å². The molecular weight excluding hydrogens is 456 g/mol. The van der Waals surface area contributed by atoms with E-state index in [0.29, 0.717) is 21.4 Å². The maximum atomic E-state index is 12.0. The van der Waals surface area contributed by atoms with Crippen molar-refractivity contribution in [3.63, 3.8) is 0 Å². The molecule has 0 aliphatic carbocycles. The fourth-order valence-electron chi connectivity index (χ4n) is 2.34. The number of aryl methyl sites for hydroxylation is 1. The number of nitrogen functional groups attached to an aromatic ring is 1. The number of imidazole rings is 1. The minimum atomic E-state index is -1.22. The van der Waals surface area contributed by atoms with Gasteiger partial charge < -0.3 is 19.8 Å². The molecular formula is C13H14IKN5O4. The molecule has 2 N–H and O–H groups in total. The number of hydrogen-bond acceptors (Lipinski definition) is 8. The minimum absolute atomic E-state index is 0. The summed E-state index contributed by atoms with van der Waals surface area (Å²) < 4.78 is 12.6. The van der Waals surface area contributed by atoms with E-state index in [9.17, 15) is 9.59 Å². The molecule has 1 fully saturated rings. The molecule has 0 unspecified atom stereocenters. The van der Waals surface area contributed by atoms with Gasteiger partial charge in [0.1, 0.15) is 9.22 Å². The second-order valence-corrected chi connectivity index (χ2v) is 6.59. The summed E-state index contributed by atoms with van der Waals surface area (Å²) in [7, 11) is 0. The van der Waals surface area contributed by atoms with E-state index in [4.69, 9.17) is 15.2 Å². The van der Waals surface area contributed by atoms with Gasteiger partial charge in [0.05, 0.1) is 6.33 Å². The zero-order valence-corrected chi connectivity index (χ0v) is 18.7. The van der Waals surface area contributed by atoms with Crippen molar-refractivity contribution in [2.24, 2.45) is 5.92 Å². The smallest absolute Gasteiger partial charge is 0.323 e. The molecule has 1 aliphatic rings. The molecule has 123 valence electrons. The van der Waals surface area contributed by atoms with E-state index < -0.39 is 23.6 Å². The topological polar surface area (TPSA) is 122 Å². The molecule has 2 aromatic heterocycles. The van der Waals surface area contributed by atoms with E-state index in [-0.39, 0.29) is 63.8 Å². The number of fused-ring (bicyclic) bond motifs is 1. The van der Waals surface area contributed by atoms with Crippen LogP contribution in [0.1, 0.15) is 20.3 Å². The number of ether oxygens (including phenoxy) is 2. The van der Waals surface area contributed by atoms with Gasteiger partial charge in [-0.15, -0.1) is 0 Å². The average molecular weight is 470 g/mol. The molecule has 24 heavy (non-hydrogen) atoms. The van der Waals surface area contributed by atoms with Gasteiger partial charge >= 0.3 is 11.9 Å². The van der Waals surface area contributed by atoms with Gasteiger partial charge in [0.2, 0.25) is 5.95 Å². The van der Waals surface area contributed by atoms with Crippen LogP contribution >= 0.6 is 22.6 Å². The number of nitrogens with two attached hydrogens (primary N) is 1. The molecule has 1 radical (unpaired) electrons. The Morgan fingerprint density at radius 1 is 1.29 bits per heavy atom. The van der Waals surface area contributed by atoms with Crippen molar-refractivity contribution < 1.29 is 19.1 Å². The van der Waals surface area contributed by atoms with Crippen LogP contribution in [-0.2, 0) is 25.6 Å². The van der Waals surface area contributed by atoms with Crippen LogP contribution in [0.5, 0.6) is 0 Å². The third-order valence-corrected chi connectivity index (χ3v) is 4.11. The molecule has 0 bridgehead atoms. The Kier molecular flexibility index (Phi) is 6.24. The van der Waals surface area contributed by atoms with Crippen LogP contribution in [0.15, 0.2) is 6.33 Å². The number of anilines is 1. The van der Waals surface area contributed by atoms with Crippen LogP contribution in [0.4, 0.5) is 5.95 Å². The van der Waals surface area contributed by atoms with Crippen molar-refractivity contribution >= 4 is 103 Å². The van der Waals surface area contributed by atoms with E-state index in [1.165, 1.54) is 13.8 Å². The normalized spacial score (nSPS) is 17.3. The summed E-state index contributed by atoms with van der Waals surface area (Å²) in [4.78, 5) is 36.3. The van der Waals surface area contributed by atoms with Crippen molar-refractivity contribution in [1.29, 1.82) is 0 Å². The fraction of sp³-hybridized carbons (Fsp3) is 0.462. The molecule has 0 saturated carbocycles. The van der Waals surface area contributed by atoms with Crippen molar-refractivity contribution in [2.75, 3.05) is 5.73 Å². The third kappa shape index (κ3) is 4.07. The number of nitrogens with zero attached hydrogens (tertiary/aromatic N) is 4. The minimum Gasteiger partial charge on any atom is -0.422 e. The number of esters is 2. The molecule has 9 nitrogen and oxygen atoms in total. The molecule has 2 aromatic rings. The Hall–Kier alpha value is -0.344. The number of hydrogen-bond donors (Lipinski definition) is 1. The van der Waals surface area contributed by atoms with Crippen LogP contribution in [-0.4, -0.2) is 88.6 Å². The Morgan fingerprint density at radius 3 is 2.54 bits per heavy atom. The second-order valence-electron chi connectivity index (χ2n) is 5.57. The molecule has 0 amide bonds. The summed E-state index contributed by atoms with van der Waals surface area (Å²) in [5, 5.41) is 0. The summed E-state index contributed by atoms with van der Waals surface area (Å²) in [6.07, 6.45) is 1.80. The zero-order chi connectivity index (χ0) is 16.8. The SMILES string of the molecule is CC1(C)OC(=O)C(CCn2cnc3c(I)nc(N)nc32)C(=O)O1.[K]. The first kappa shape index (κ1) is 20.0. The van der Waals surface area contributed by atoms with Crippen LogP contribution in [0.3, 0.4) is 0 Å². The number of carbonyl (C=O) groups excluding carboxylic acids is 2. The van der Waals surface area contributed by atoms with Crippen LogP contribution in [0.25, 0.3) is 11.2 Å². The number of carbonyl (C=O) groups is 2. The van der Waals surface area contributed by atoms with Gasteiger partial charge in [-0.3, -0.25) is 9.59 Å². The van der Waals surface area contributed by atoms with Gasteiger partial charge in [-0.25, -0.2) is 9.97 Å². The summed E-state index contributed by atoms with van der Waals surface area (Å²) in [6, 6.07) is 0. The van der Waals surface area contributed by atoms with Gasteiger partial charge in [0.15, 0.2) is 11.6 Å². The third-order valence-electron chi connectivity index (χ3n) is 3.36. The predicted octanol–water partition coefficient (Wildman–Crippen LogP) is 0.475. The van der Waals surface area contributed by atoms with Gasteiger partial charge in [-0.05, 0) is 29.0 Å². The molecule has 0 spiro atoms. The van der Waals surface area contributed by atoms with E-state index >= 15 is 0 Å². The monoisotopic (exact) mass is 470 g/mol. The first-order valence-corrected chi connectivity index (χ1v) is 7.94. The molecule has 3 heterocycles. The summed E-state index contributed by atoms with van der Waals surface area (Å²) in [6.45, 7) is 3.38. The van der Waals surface area contributed by atoms with Crippen LogP contribution < -0.4 is 5.73 Å². The summed E-state index contributed by atoms with van der Waals surface area (Å²) in [5.41, 5.74) is 6.82. The average Bonchev–Trinajstić information content (AvgIpc) is 2.79. The van der Waals surface area contributed by atoms with E-state index in [1.807, 2.05) is 22.6 Å². The Balaban J connectivity index is 0.00000208. The van der Waals surface area contributed by atoms with Gasteiger partial charge in [0.25, 0.3) is 5.79 Å². The van der Waals surface area contributed by atoms with Gasteiger partial charge in [0, 0.05) is 71.8 Å². The summed E-state index contributed by atoms with van der Waals surface area (Å²) in [5.74, 6) is -3.20. The first-order chi connectivity index (χ1) is 10.8. The first-order valence-electron chi connectivity index (χ1n) is 6.86. The molecule has 1 saturated heterocycles. The van der Waals surface area contributed by atoms with Crippen LogP contribution in [0, 0.1) is 9.62 Å². The standard InChI is InChI=1S/C13H14IN5O4.K/c1-13(2)22-10(20)6(11(21)23-13)3-4-19-5-16-7-8(14)17-12(15)18-9(7)19;/h5-6H,3-4H2,1-2H3,(H2,15,17,18);. The van der Waals surface area contributed by atoms with Crippen molar-refractivity contribution in [2.45, 2.75) is 32.6 Å². The van der Waals surface area contributed by atoms with Crippen molar-refractivity contribution in [1.82, 2.24) is 19.5 Å². The molecule has 0 atom stereocenters. The van der Waals surface area contributed by atoms with E-state index in [1.54, 1.807) is 10.9 Å². The maximum absolute atomic E-state index is 12.0. The predicted molar refractivity (Wildman–Crippen MR) is 92.6 cm³/mol. The maximum Gasteiger partial charge on any atom is 0.323 e. The van der Waals surface area contributed by atoms with E-state index in [2.05, 4.69) is 15.0 Å². The number of cyclic esters (lactones) is 2. The quantitative estimate of drug-likeness (QED) is 0.226. The van der Waals surface area contributed by atoms with Crippen LogP contribution in [0.2, 0.25) is 0 Å². The molecule has 3 rings (SSSR count). The molecule has 1 aliphatic heterocycles. The Morgan fingerprint density at radius 2 is 1.92 bits per heavy atom. The fourth-order valence-corrected chi connectivity index (χ4v) is 2.96. The zero-order valence-electron chi connectivity index (χ0n) is 13.4. The number of aromatic nitrogens is 4. The van der Waals surface area contributed by atoms with Crippen molar-refractivity contribution in [3.05, 3.63) is 10.0 Å². The Bertz CT molecular complexity index is 789. The van der Waals surface area contributed by atoms with Gasteiger partial charge in [-0.1, -0.05) is 0 Å². The summed E-state index contributed by atoms with van der Waals surface area (Å²) >= 11 is 2.02. The number of halogens is 1. The molecule has 0 aromatic carbocycles. The second kappa shape index (κ2) is 7.49. The van der Waals surface area contributed by atoms with E-state index in [0.717, 1.165) is 0 Å². The van der Waals surface area contributed by atoms with Gasteiger partial charge in [-0.2, -0.15) is 4.98 Å². The van der Waals surface area contributed by atoms with Crippen molar-refractivity contribution in [3.8, 4) is 0 Å².